The van der Waals surface area contributed by atoms with E-state index in [4.69, 9.17) is 5.73 Å². The first-order chi connectivity index (χ1) is 9.15. The zero-order chi connectivity index (χ0) is 15.0. The maximum absolute atomic E-state index is 6.19. The zero-order valence-electron chi connectivity index (χ0n) is 13.1. The molecular formula is C17H27BrN2. The Morgan fingerprint density at radius 2 is 1.70 bits per heavy atom. The van der Waals surface area contributed by atoms with E-state index in [1.54, 1.807) is 0 Å². The molecule has 2 rings (SSSR count). The summed E-state index contributed by atoms with van der Waals surface area (Å²) in [6, 6.07) is 8.37. The topological polar surface area (TPSA) is 38.0 Å². The van der Waals surface area contributed by atoms with Crippen molar-refractivity contribution in [1.82, 2.24) is 0 Å². The molecule has 20 heavy (non-hydrogen) atoms. The van der Waals surface area contributed by atoms with Crippen LogP contribution in [0.15, 0.2) is 28.7 Å². The first-order valence-electron chi connectivity index (χ1n) is 7.39. The third-order valence-electron chi connectivity index (χ3n) is 4.22. The van der Waals surface area contributed by atoms with Crippen molar-refractivity contribution in [2.75, 3.05) is 11.9 Å². The van der Waals surface area contributed by atoms with Crippen molar-refractivity contribution in [1.29, 1.82) is 0 Å². The number of nitrogens with one attached hydrogen (secondary N) is 1. The van der Waals surface area contributed by atoms with Crippen LogP contribution in [0.2, 0.25) is 0 Å². The number of halogens is 1. The Morgan fingerprint density at radius 1 is 1.10 bits per heavy atom. The van der Waals surface area contributed by atoms with Crippen LogP contribution >= 0.6 is 15.9 Å². The smallest absolute Gasteiger partial charge is 0.0505 e. The molecule has 2 nitrogen and oxygen atoms in total. The van der Waals surface area contributed by atoms with Gasteiger partial charge in [-0.05, 0) is 48.3 Å². The molecule has 0 saturated heterocycles. The van der Waals surface area contributed by atoms with Crippen molar-refractivity contribution in [3.8, 4) is 0 Å². The van der Waals surface area contributed by atoms with Crippen LogP contribution in [0.5, 0.6) is 0 Å². The Hall–Kier alpha value is -0.540. The lowest BCUT2D eigenvalue weighted by atomic mass is 9.58. The highest BCUT2D eigenvalue weighted by Crippen LogP contribution is 2.50. The quantitative estimate of drug-likeness (QED) is 0.830. The molecule has 112 valence electrons. The van der Waals surface area contributed by atoms with E-state index in [0.29, 0.717) is 17.4 Å². The molecule has 3 N–H and O–H groups in total. The van der Waals surface area contributed by atoms with Gasteiger partial charge in [0, 0.05) is 16.7 Å². The van der Waals surface area contributed by atoms with Crippen LogP contribution in [0.3, 0.4) is 0 Å². The second-order valence-corrected chi connectivity index (χ2v) is 8.89. The van der Waals surface area contributed by atoms with Crippen LogP contribution in [-0.4, -0.2) is 12.1 Å². The first-order valence-corrected chi connectivity index (χ1v) is 8.19. The van der Waals surface area contributed by atoms with Gasteiger partial charge in [0.1, 0.15) is 0 Å². The Balaban J connectivity index is 2.29. The molecule has 0 amide bonds. The van der Waals surface area contributed by atoms with Gasteiger partial charge in [-0.2, -0.15) is 0 Å². The second-order valence-electron chi connectivity index (χ2n) is 7.98. The molecule has 0 aliphatic heterocycles. The predicted molar refractivity (Wildman–Crippen MR) is 91.0 cm³/mol. The fourth-order valence-corrected chi connectivity index (χ4v) is 4.87. The molecule has 1 aliphatic rings. The highest BCUT2D eigenvalue weighted by molar-refractivity contribution is 9.10. The van der Waals surface area contributed by atoms with Gasteiger partial charge in [0.15, 0.2) is 0 Å². The van der Waals surface area contributed by atoms with E-state index >= 15 is 0 Å². The minimum Gasteiger partial charge on any atom is -0.378 e. The Morgan fingerprint density at radius 3 is 2.20 bits per heavy atom. The van der Waals surface area contributed by atoms with E-state index in [-0.39, 0.29) is 5.54 Å². The number of hydrogen-bond acceptors (Lipinski definition) is 2. The standard InChI is InChI=1S/C17H27BrN2/c1-15(2)9-16(3,4)11-17(10-15,12-19)20-14-7-5-6-13(18)8-14/h5-8,20H,9-12,19H2,1-4H3. The summed E-state index contributed by atoms with van der Waals surface area (Å²) in [4.78, 5) is 0. The average molecular weight is 339 g/mol. The van der Waals surface area contributed by atoms with Crippen molar-refractivity contribution in [3.63, 3.8) is 0 Å². The lowest BCUT2D eigenvalue weighted by Gasteiger charge is -2.52. The SMILES string of the molecule is CC1(C)CC(C)(C)CC(CN)(Nc2cccc(Br)c2)C1. The molecule has 0 heterocycles. The predicted octanol–water partition coefficient (Wildman–Crippen LogP) is 4.79. The molecule has 0 unspecified atom stereocenters. The van der Waals surface area contributed by atoms with Crippen LogP contribution < -0.4 is 11.1 Å². The van der Waals surface area contributed by atoms with Gasteiger partial charge in [-0.25, -0.2) is 0 Å². The molecule has 1 aliphatic carbocycles. The zero-order valence-corrected chi connectivity index (χ0v) is 14.7. The third-order valence-corrected chi connectivity index (χ3v) is 4.71. The van der Waals surface area contributed by atoms with E-state index in [0.717, 1.165) is 23.0 Å². The van der Waals surface area contributed by atoms with Gasteiger partial charge in [-0.15, -0.1) is 0 Å². The van der Waals surface area contributed by atoms with Crippen LogP contribution in [-0.2, 0) is 0 Å². The van der Waals surface area contributed by atoms with Crippen molar-refractivity contribution in [2.45, 2.75) is 52.5 Å². The number of benzene rings is 1. The fraction of sp³-hybridized carbons (Fsp3) is 0.647. The van der Waals surface area contributed by atoms with Gasteiger partial charge in [0.05, 0.1) is 5.54 Å². The van der Waals surface area contributed by atoms with E-state index < -0.39 is 0 Å². The van der Waals surface area contributed by atoms with Gasteiger partial charge < -0.3 is 11.1 Å². The van der Waals surface area contributed by atoms with Gasteiger partial charge >= 0.3 is 0 Å². The van der Waals surface area contributed by atoms with E-state index in [1.165, 1.54) is 6.42 Å². The molecule has 1 aromatic carbocycles. The van der Waals surface area contributed by atoms with Crippen LogP contribution in [0.25, 0.3) is 0 Å². The van der Waals surface area contributed by atoms with Crippen LogP contribution in [0.4, 0.5) is 5.69 Å². The number of rotatable bonds is 3. The van der Waals surface area contributed by atoms with E-state index in [9.17, 15) is 0 Å². The molecule has 0 radical (unpaired) electrons. The highest BCUT2D eigenvalue weighted by Gasteiger charge is 2.46. The van der Waals surface area contributed by atoms with Gasteiger partial charge in [0.2, 0.25) is 0 Å². The molecule has 0 atom stereocenters. The fourth-order valence-electron chi connectivity index (χ4n) is 4.47. The summed E-state index contributed by atoms with van der Waals surface area (Å²) in [6.07, 6.45) is 3.49. The van der Waals surface area contributed by atoms with Crippen LogP contribution in [0.1, 0.15) is 47.0 Å². The van der Waals surface area contributed by atoms with Crippen molar-refractivity contribution < 1.29 is 0 Å². The third kappa shape index (κ3) is 3.76. The maximum Gasteiger partial charge on any atom is 0.0505 e. The summed E-state index contributed by atoms with van der Waals surface area (Å²) in [5.74, 6) is 0. The average Bonchev–Trinajstić information content (AvgIpc) is 2.24. The summed E-state index contributed by atoms with van der Waals surface area (Å²) >= 11 is 3.54. The van der Waals surface area contributed by atoms with Gasteiger partial charge in [-0.1, -0.05) is 49.7 Å². The summed E-state index contributed by atoms with van der Waals surface area (Å²) in [7, 11) is 0. The number of anilines is 1. The molecule has 0 bridgehead atoms. The molecule has 1 saturated carbocycles. The molecule has 3 heteroatoms. The van der Waals surface area contributed by atoms with Gasteiger partial charge in [-0.3, -0.25) is 0 Å². The van der Waals surface area contributed by atoms with Gasteiger partial charge in [0.25, 0.3) is 0 Å². The number of hydrogen-bond donors (Lipinski definition) is 2. The minimum absolute atomic E-state index is 0.00789. The molecule has 0 spiro atoms. The van der Waals surface area contributed by atoms with E-state index in [1.807, 2.05) is 0 Å². The molecule has 1 aromatic rings. The molecule has 1 fully saturated rings. The normalized spacial score (nSPS) is 23.3. The highest BCUT2D eigenvalue weighted by atomic mass is 79.9. The Bertz CT molecular complexity index is 464. The Kier molecular flexibility index (Phi) is 4.23. The summed E-state index contributed by atoms with van der Waals surface area (Å²) < 4.78 is 1.10. The van der Waals surface area contributed by atoms with Crippen molar-refractivity contribution in [2.24, 2.45) is 16.6 Å². The lowest BCUT2D eigenvalue weighted by molar-refractivity contribution is 0.0623. The largest absolute Gasteiger partial charge is 0.378 e. The molecule has 0 aromatic heterocycles. The van der Waals surface area contributed by atoms with E-state index in [2.05, 4.69) is 73.2 Å². The minimum atomic E-state index is -0.00789. The molecular weight excluding hydrogens is 312 g/mol. The summed E-state index contributed by atoms with van der Waals surface area (Å²) in [5, 5.41) is 3.74. The summed E-state index contributed by atoms with van der Waals surface area (Å²) in [5.41, 5.74) is 7.97. The first kappa shape index (κ1) is 15.8. The Labute approximate surface area is 131 Å². The monoisotopic (exact) mass is 338 g/mol. The van der Waals surface area contributed by atoms with Crippen molar-refractivity contribution >= 4 is 21.6 Å². The van der Waals surface area contributed by atoms with Crippen molar-refractivity contribution in [3.05, 3.63) is 28.7 Å². The maximum atomic E-state index is 6.19. The second kappa shape index (κ2) is 5.34. The lowest BCUT2D eigenvalue weighted by Crippen LogP contribution is -2.55. The van der Waals surface area contributed by atoms with Crippen LogP contribution in [0, 0.1) is 10.8 Å². The number of nitrogens with two attached hydrogens (primary N) is 1. The summed E-state index contributed by atoms with van der Waals surface area (Å²) in [6.45, 7) is 10.1.